The summed E-state index contributed by atoms with van der Waals surface area (Å²) in [5.41, 5.74) is 6.98. The molecule has 1 heterocycles. The largest absolute Gasteiger partial charge is 0.395 e. The second-order valence-corrected chi connectivity index (χ2v) is 5.93. The van der Waals surface area contributed by atoms with Crippen LogP contribution in [0.3, 0.4) is 0 Å². The van der Waals surface area contributed by atoms with E-state index in [0.717, 1.165) is 17.2 Å². The number of nitrogens with two attached hydrogens (primary N) is 1. The number of hydrogen-bond donors (Lipinski definition) is 2. The van der Waals surface area contributed by atoms with Gasteiger partial charge in [0.25, 0.3) is 0 Å². The highest BCUT2D eigenvalue weighted by molar-refractivity contribution is 5.57. The van der Waals surface area contributed by atoms with Gasteiger partial charge in [-0.25, -0.2) is 9.97 Å². The predicted octanol–water partition coefficient (Wildman–Crippen LogP) is 2.23. The molecule has 0 aromatic carbocycles. The minimum Gasteiger partial charge on any atom is -0.395 e. The average Bonchev–Trinajstić information content (AvgIpc) is 2.93. The Morgan fingerprint density at radius 2 is 1.95 bits per heavy atom. The molecule has 1 fully saturated rings. The van der Waals surface area contributed by atoms with E-state index >= 15 is 0 Å². The molecule has 0 atom stereocenters. The monoisotopic (exact) mass is 278 g/mol. The topological polar surface area (TPSA) is 75.3 Å². The lowest BCUT2D eigenvalue weighted by molar-refractivity contribution is 0.296. The number of nitrogen functional groups attached to an aromatic ring is 1. The first kappa shape index (κ1) is 15.0. The number of aliphatic hydroxyl groups excluding tert-OH is 1. The van der Waals surface area contributed by atoms with E-state index < -0.39 is 0 Å². The molecule has 20 heavy (non-hydrogen) atoms. The maximum Gasteiger partial charge on any atom is 0.137 e. The summed E-state index contributed by atoms with van der Waals surface area (Å²) in [6, 6.07) is 0.468. The molecule has 0 unspecified atom stereocenters. The molecular formula is C15H26N4O. The van der Waals surface area contributed by atoms with Crippen molar-refractivity contribution in [3.63, 3.8) is 0 Å². The van der Waals surface area contributed by atoms with E-state index in [4.69, 9.17) is 10.7 Å². The molecule has 1 saturated carbocycles. The summed E-state index contributed by atoms with van der Waals surface area (Å²) in [5, 5.41) is 9.38. The first-order valence-corrected chi connectivity index (χ1v) is 7.56. The Morgan fingerprint density at radius 3 is 2.50 bits per heavy atom. The van der Waals surface area contributed by atoms with Gasteiger partial charge in [0.2, 0.25) is 0 Å². The highest BCUT2D eigenvalue weighted by Gasteiger charge is 2.26. The molecule has 1 aromatic heterocycles. The SMILES string of the molecule is Cc1c(N)nc(C(C)C)nc1N(CCO)C1CCCC1. The van der Waals surface area contributed by atoms with Gasteiger partial charge in [-0.3, -0.25) is 0 Å². The molecule has 1 aliphatic rings. The zero-order valence-electron chi connectivity index (χ0n) is 12.8. The van der Waals surface area contributed by atoms with Gasteiger partial charge in [0.1, 0.15) is 17.5 Å². The van der Waals surface area contributed by atoms with E-state index in [1.54, 1.807) is 0 Å². The van der Waals surface area contributed by atoms with Crippen molar-refractivity contribution in [2.75, 3.05) is 23.8 Å². The molecule has 5 nitrogen and oxygen atoms in total. The van der Waals surface area contributed by atoms with Gasteiger partial charge in [0.15, 0.2) is 0 Å². The summed E-state index contributed by atoms with van der Waals surface area (Å²) < 4.78 is 0. The number of nitrogens with zero attached hydrogens (tertiary/aromatic N) is 3. The van der Waals surface area contributed by atoms with Crippen LogP contribution >= 0.6 is 0 Å². The number of hydrogen-bond acceptors (Lipinski definition) is 5. The Morgan fingerprint density at radius 1 is 1.30 bits per heavy atom. The van der Waals surface area contributed by atoms with Crippen molar-refractivity contribution >= 4 is 11.6 Å². The molecule has 0 aliphatic heterocycles. The lowest BCUT2D eigenvalue weighted by Crippen LogP contribution is -2.37. The van der Waals surface area contributed by atoms with Crippen LogP contribution in [0, 0.1) is 6.92 Å². The van der Waals surface area contributed by atoms with E-state index in [1.807, 2.05) is 6.92 Å². The molecule has 0 radical (unpaired) electrons. The van der Waals surface area contributed by atoms with Crippen LogP contribution in [0.15, 0.2) is 0 Å². The van der Waals surface area contributed by atoms with Crippen LogP contribution in [0.25, 0.3) is 0 Å². The fraction of sp³-hybridized carbons (Fsp3) is 0.733. The summed E-state index contributed by atoms with van der Waals surface area (Å²) in [5.74, 6) is 2.49. The van der Waals surface area contributed by atoms with E-state index in [-0.39, 0.29) is 12.5 Å². The summed E-state index contributed by atoms with van der Waals surface area (Å²) in [7, 11) is 0. The molecule has 0 amide bonds. The Kier molecular flexibility index (Phi) is 4.81. The lowest BCUT2D eigenvalue weighted by Gasteiger charge is -2.31. The summed E-state index contributed by atoms with van der Waals surface area (Å²) in [4.78, 5) is 11.3. The van der Waals surface area contributed by atoms with E-state index in [2.05, 4.69) is 23.7 Å². The molecule has 1 aliphatic carbocycles. The van der Waals surface area contributed by atoms with Crippen LogP contribution in [0.4, 0.5) is 11.6 Å². The van der Waals surface area contributed by atoms with Crippen molar-refractivity contribution in [3.8, 4) is 0 Å². The number of rotatable bonds is 5. The van der Waals surface area contributed by atoms with Crippen molar-refractivity contribution in [2.24, 2.45) is 0 Å². The minimum absolute atomic E-state index is 0.136. The van der Waals surface area contributed by atoms with E-state index in [0.29, 0.717) is 18.4 Å². The standard InChI is InChI=1S/C15H26N4O/c1-10(2)14-17-13(16)11(3)15(18-14)19(8-9-20)12-6-4-5-7-12/h10,12,20H,4-9H2,1-3H3,(H2,16,17,18). The molecule has 3 N–H and O–H groups in total. The Bertz CT molecular complexity index is 455. The second kappa shape index (κ2) is 6.39. The highest BCUT2D eigenvalue weighted by Crippen LogP contribution is 2.31. The Balaban J connectivity index is 2.40. The van der Waals surface area contributed by atoms with Gasteiger partial charge in [-0.15, -0.1) is 0 Å². The summed E-state index contributed by atoms with van der Waals surface area (Å²) in [6.07, 6.45) is 4.84. The van der Waals surface area contributed by atoms with Crippen molar-refractivity contribution in [1.82, 2.24) is 9.97 Å². The van der Waals surface area contributed by atoms with Gasteiger partial charge in [0.05, 0.1) is 6.61 Å². The van der Waals surface area contributed by atoms with Crippen LogP contribution in [0.2, 0.25) is 0 Å². The maximum atomic E-state index is 9.38. The maximum absolute atomic E-state index is 9.38. The number of aromatic nitrogens is 2. The number of anilines is 2. The van der Waals surface area contributed by atoms with E-state index in [1.165, 1.54) is 25.7 Å². The fourth-order valence-corrected chi connectivity index (χ4v) is 2.86. The van der Waals surface area contributed by atoms with Crippen LogP contribution in [-0.4, -0.2) is 34.3 Å². The normalized spacial score (nSPS) is 16.1. The van der Waals surface area contributed by atoms with Crippen molar-refractivity contribution in [2.45, 2.75) is 58.4 Å². The molecule has 0 bridgehead atoms. The van der Waals surface area contributed by atoms with Gasteiger partial charge >= 0.3 is 0 Å². The van der Waals surface area contributed by atoms with Gasteiger partial charge < -0.3 is 15.7 Å². The van der Waals surface area contributed by atoms with Crippen LogP contribution in [-0.2, 0) is 0 Å². The molecule has 112 valence electrons. The van der Waals surface area contributed by atoms with Crippen LogP contribution < -0.4 is 10.6 Å². The third-order valence-electron chi connectivity index (χ3n) is 4.07. The quantitative estimate of drug-likeness (QED) is 0.864. The van der Waals surface area contributed by atoms with Crippen LogP contribution in [0.5, 0.6) is 0 Å². The Hall–Kier alpha value is -1.36. The van der Waals surface area contributed by atoms with Gasteiger partial charge in [0, 0.05) is 24.1 Å². The number of aliphatic hydroxyl groups is 1. The van der Waals surface area contributed by atoms with Crippen molar-refractivity contribution in [1.29, 1.82) is 0 Å². The third kappa shape index (κ3) is 3.03. The van der Waals surface area contributed by atoms with Crippen LogP contribution in [0.1, 0.15) is 56.8 Å². The van der Waals surface area contributed by atoms with Crippen molar-refractivity contribution in [3.05, 3.63) is 11.4 Å². The fourth-order valence-electron chi connectivity index (χ4n) is 2.86. The first-order chi connectivity index (χ1) is 9.54. The zero-order chi connectivity index (χ0) is 14.7. The molecule has 0 spiro atoms. The highest BCUT2D eigenvalue weighted by atomic mass is 16.3. The van der Waals surface area contributed by atoms with Gasteiger partial charge in [-0.05, 0) is 19.8 Å². The second-order valence-electron chi connectivity index (χ2n) is 5.93. The minimum atomic E-state index is 0.136. The van der Waals surface area contributed by atoms with Crippen molar-refractivity contribution < 1.29 is 5.11 Å². The van der Waals surface area contributed by atoms with Gasteiger partial charge in [-0.1, -0.05) is 26.7 Å². The van der Waals surface area contributed by atoms with E-state index in [9.17, 15) is 5.11 Å². The smallest absolute Gasteiger partial charge is 0.137 e. The lowest BCUT2D eigenvalue weighted by atomic mass is 10.1. The zero-order valence-corrected chi connectivity index (χ0v) is 12.8. The average molecular weight is 278 g/mol. The predicted molar refractivity (Wildman–Crippen MR) is 82.0 cm³/mol. The first-order valence-electron chi connectivity index (χ1n) is 7.56. The Labute approximate surface area is 121 Å². The molecule has 2 rings (SSSR count). The molecular weight excluding hydrogens is 252 g/mol. The third-order valence-corrected chi connectivity index (χ3v) is 4.07. The summed E-state index contributed by atoms with van der Waals surface area (Å²) >= 11 is 0. The summed E-state index contributed by atoms with van der Waals surface area (Å²) in [6.45, 7) is 6.85. The molecule has 0 saturated heterocycles. The molecule has 5 heteroatoms. The van der Waals surface area contributed by atoms with Gasteiger partial charge in [-0.2, -0.15) is 0 Å². The molecule has 1 aromatic rings.